The molecule has 1 aliphatic rings. The highest BCUT2D eigenvalue weighted by molar-refractivity contribution is 9.10. The van der Waals surface area contributed by atoms with E-state index < -0.39 is 0 Å². The fourth-order valence-corrected chi connectivity index (χ4v) is 2.82. The molecule has 0 aromatic heterocycles. The molecule has 1 aromatic rings. The summed E-state index contributed by atoms with van der Waals surface area (Å²) in [6.45, 7) is 4.57. The van der Waals surface area contributed by atoms with Gasteiger partial charge in [-0.1, -0.05) is 6.07 Å². The molecule has 16 heavy (non-hydrogen) atoms. The summed E-state index contributed by atoms with van der Waals surface area (Å²) in [5.74, 6) is 0. The van der Waals surface area contributed by atoms with E-state index in [1.165, 1.54) is 41.7 Å². The van der Waals surface area contributed by atoms with Crippen LogP contribution in [0, 0.1) is 0 Å². The first-order chi connectivity index (χ1) is 7.72. The van der Waals surface area contributed by atoms with Crippen LogP contribution in [0.4, 0.5) is 5.69 Å². The van der Waals surface area contributed by atoms with E-state index in [1.54, 1.807) is 0 Å². The number of hydrogen-bond acceptors (Lipinski definition) is 2. The Hall–Kier alpha value is -0.540. The van der Waals surface area contributed by atoms with Gasteiger partial charge in [0, 0.05) is 23.6 Å². The third-order valence-corrected chi connectivity index (χ3v) is 3.99. The average molecular weight is 283 g/mol. The van der Waals surface area contributed by atoms with Crippen LogP contribution >= 0.6 is 15.9 Å². The predicted octanol–water partition coefficient (Wildman–Crippen LogP) is 3.33. The van der Waals surface area contributed by atoms with Crippen LogP contribution in [0.5, 0.6) is 0 Å². The van der Waals surface area contributed by atoms with Gasteiger partial charge in [0.25, 0.3) is 0 Å². The largest absolute Gasteiger partial charge is 0.371 e. The molecule has 0 aliphatic carbocycles. The minimum atomic E-state index is 0.406. The van der Waals surface area contributed by atoms with Crippen LogP contribution in [0.15, 0.2) is 22.7 Å². The van der Waals surface area contributed by atoms with Crippen molar-refractivity contribution < 1.29 is 0 Å². The molecule has 88 valence electrons. The van der Waals surface area contributed by atoms with E-state index in [0.29, 0.717) is 6.04 Å². The molecular weight excluding hydrogens is 264 g/mol. The van der Waals surface area contributed by atoms with Crippen LogP contribution in [0.3, 0.4) is 0 Å². The van der Waals surface area contributed by atoms with Crippen molar-refractivity contribution >= 4 is 21.6 Å². The summed E-state index contributed by atoms with van der Waals surface area (Å²) >= 11 is 3.69. The zero-order valence-electron chi connectivity index (χ0n) is 9.96. The highest BCUT2D eigenvalue weighted by Crippen LogP contribution is 2.31. The summed E-state index contributed by atoms with van der Waals surface area (Å²) in [6.07, 6.45) is 2.64. The van der Waals surface area contributed by atoms with E-state index in [9.17, 15) is 0 Å². The Bertz CT molecular complexity index is 359. The smallest absolute Gasteiger partial charge is 0.0510 e. The predicted molar refractivity (Wildman–Crippen MR) is 73.1 cm³/mol. The topological polar surface area (TPSA) is 15.3 Å². The van der Waals surface area contributed by atoms with Crippen molar-refractivity contribution in [3.8, 4) is 0 Å². The van der Waals surface area contributed by atoms with Gasteiger partial charge in [0.1, 0.15) is 0 Å². The zero-order valence-corrected chi connectivity index (χ0v) is 11.5. The van der Waals surface area contributed by atoms with Gasteiger partial charge in [-0.2, -0.15) is 0 Å². The van der Waals surface area contributed by atoms with Gasteiger partial charge in [0.2, 0.25) is 0 Å². The third-order valence-electron chi connectivity index (χ3n) is 3.35. The fraction of sp³-hybridized carbons (Fsp3) is 0.538. The number of benzene rings is 1. The van der Waals surface area contributed by atoms with Crippen LogP contribution in [0.25, 0.3) is 0 Å². The van der Waals surface area contributed by atoms with Crippen LogP contribution < -0.4 is 10.2 Å². The fourth-order valence-electron chi connectivity index (χ4n) is 2.17. The second-order valence-electron chi connectivity index (χ2n) is 4.42. The highest BCUT2D eigenvalue weighted by atomic mass is 79.9. The van der Waals surface area contributed by atoms with Gasteiger partial charge >= 0.3 is 0 Å². The molecule has 0 saturated carbocycles. The van der Waals surface area contributed by atoms with Crippen molar-refractivity contribution in [3.05, 3.63) is 28.2 Å². The number of nitrogens with one attached hydrogen (secondary N) is 1. The maximum absolute atomic E-state index is 3.69. The van der Waals surface area contributed by atoms with Crippen molar-refractivity contribution in [2.24, 2.45) is 0 Å². The Balaban J connectivity index is 2.22. The second kappa shape index (κ2) is 5.19. The number of anilines is 1. The van der Waals surface area contributed by atoms with Crippen molar-refractivity contribution in [3.63, 3.8) is 0 Å². The third kappa shape index (κ3) is 2.41. The minimum absolute atomic E-state index is 0.406. The molecule has 1 heterocycles. The monoisotopic (exact) mass is 282 g/mol. The lowest BCUT2D eigenvalue weighted by Crippen LogP contribution is -2.18. The van der Waals surface area contributed by atoms with Gasteiger partial charge in [0.05, 0.1) is 5.69 Å². The molecule has 2 rings (SSSR count). The Kier molecular flexibility index (Phi) is 3.87. The van der Waals surface area contributed by atoms with Crippen molar-refractivity contribution in [1.82, 2.24) is 5.32 Å². The number of hydrogen-bond donors (Lipinski definition) is 1. The summed E-state index contributed by atoms with van der Waals surface area (Å²) < 4.78 is 1.22. The molecule has 0 amide bonds. The first-order valence-corrected chi connectivity index (χ1v) is 6.73. The number of rotatable bonds is 3. The van der Waals surface area contributed by atoms with E-state index in [1.807, 2.05) is 7.05 Å². The zero-order chi connectivity index (χ0) is 11.5. The van der Waals surface area contributed by atoms with Crippen LogP contribution in [0.1, 0.15) is 31.4 Å². The molecule has 0 bridgehead atoms. The Morgan fingerprint density at radius 2 is 2.00 bits per heavy atom. The molecule has 1 N–H and O–H groups in total. The van der Waals surface area contributed by atoms with Crippen LogP contribution in [0.2, 0.25) is 0 Å². The van der Waals surface area contributed by atoms with Crippen LogP contribution in [-0.4, -0.2) is 20.1 Å². The van der Waals surface area contributed by atoms with Gasteiger partial charge in [0.15, 0.2) is 0 Å². The molecule has 1 atom stereocenters. The van der Waals surface area contributed by atoms with Crippen LogP contribution in [-0.2, 0) is 0 Å². The molecule has 3 heteroatoms. The van der Waals surface area contributed by atoms with E-state index in [4.69, 9.17) is 0 Å². The highest BCUT2D eigenvalue weighted by Gasteiger charge is 2.15. The summed E-state index contributed by atoms with van der Waals surface area (Å²) in [5.41, 5.74) is 2.67. The maximum Gasteiger partial charge on any atom is 0.0510 e. The molecule has 0 radical (unpaired) electrons. The molecule has 1 aromatic carbocycles. The van der Waals surface area contributed by atoms with Crippen molar-refractivity contribution in [1.29, 1.82) is 0 Å². The van der Waals surface area contributed by atoms with Gasteiger partial charge in [-0.05, 0) is 60.4 Å². The normalized spacial score (nSPS) is 17.8. The summed E-state index contributed by atoms with van der Waals surface area (Å²) in [7, 11) is 1.99. The van der Waals surface area contributed by atoms with E-state index in [0.717, 1.165) is 0 Å². The van der Waals surface area contributed by atoms with Gasteiger partial charge in [-0.3, -0.25) is 0 Å². The molecular formula is C13H19BrN2. The Morgan fingerprint density at radius 1 is 1.31 bits per heavy atom. The average Bonchev–Trinajstić information content (AvgIpc) is 2.81. The Morgan fingerprint density at radius 3 is 2.56 bits per heavy atom. The number of nitrogens with zero attached hydrogens (tertiary/aromatic N) is 1. The SMILES string of the molecule is CNC(C)c1ccc(N2CCCC2)c(Br)c1. The van der Waals surface area contributed by atoms with Gasteiger partial charge in [-0.15, -0.1) is 0 Å². The Labute approximate surface area is 106 Å². The lowest BCUT2D eigenvalue weighted by Gasteiger charge is -2.21. The standard InChI is InChI=1S/C13H19BrN2/c1-10(15-2)11-5-6-13(12(14)9-11)16-7-3-4-8-16/h5-6,9-10,15H,3-4,7-8H2,1-2H3. The second-order valence-corrected chi connectivity index (χ2v) is 5.27. The quantitative estimate of drug-likeness (QED) is 0.915. The van der Waals surface area contributed by atoms with E-state index >= 15 is 0 Å². The summed E-state index contributed by atoms with van der Waals surface area (Å²) in [5, 5.41) is 3.26. The summed E-state index contributed by atoms with van der Waals surface area (Å²) in [6, 6.07) is 7.09. The molecule has 2 nitrogen and oxygen atoms in total. The minimum Gasteiger partial charge on any atom is -0.371 e. The van der Waals surface area contributed by atoms with E-state index in [2.05, 4.69) is 51.3 Å². The lowest BCUT2D eigenvalue weighted by atomic mass is 10.1. The van der Waals surface area contributed by atoms with Gasteiger partial charge < -0.3 is 10.2 Å². The first-order valence-electron chi connectivity index (χ1n) is 5.94. The van der Waals surface area contributed by atoms with Gasteiger partial charge in [-0.25, -0.2) is 0 Å². The van der Waals surface area contributed by atoms with E-state index in [-0.39, 0.29) is 0 Å². The number of halogens is 1. The maximum atomic E-state index is 3.69. The molecule has 1 saturated heterocycles. The lowest BCUT2D eigenvalue weighted by molar-refractivity contribution is 0.652. The molecule has 1 unspecified atom stereocenters. The molecule has 1 aliphatic heterocycles. The van der Waals surface area contributed by atoms with Crippen molar-refractivity contribution in [2.75, 3.05) is 25.0 Å². The summed E-state index contributed by atoms with van der Waals surface area (Å²) in [4.78, 5) is 2.46. The van der Waals surface area contributed by atoms with Crippen molar-refractivity contribution in [2.45, 2.75) is 25.8 Å². The molecule has 1 fully saturated rings. The first kappa shape index (κ1) is 11.9. The molecule has 0 spiro atoms.